The molecule has 2 aromatic rings. The summed E-state index contributed by atoms with van der Waals surface area (Å²) in [5.41, 5.74) is 2.03. The molecule has 5 heteroatoms. The number of amides is 1. The van der Waals surface area contributed by atoms with Crippen LogP contribution in [-0.2, 0) is 5.41 Å². The fourth-order valence-corrected chi connectivity index (χ4v) is 3.09. The molecule has 0 bridgehead atoms. The zero-order valence-corrected chi connectivity index (χ0v) is 13.3. The molecule has 1 aliphatic heterocycles. The molecule has 0 radical (unpaired) electrons. The van der Waals surface area contributed by atoms with Crippen molar-refractivity contribution in [3.05, 3.63) is 59.4 Å². The maximum absolute atomic E-state index is 13.0. The van der Waals surface area contributed by atoms with Crippen LogP contribution in [0.1, 0.15) is 47.2 Å². The SMILES string of the molecule is CC1N(C(=O)c2ccnc(C(=O)O)c2)c2ccccc2C1(C)C. The van der Waals surface area contributed by atoms with Crippen LogP contribution in [0.25, 0.3) is 0 Å². The molecule has 0 fully saturated rings. The van der Waals surface area contributed by atoms with Crippen LogP contribution in [0.5, 0.6) is 0 Å². The number of carbonyl (C=O) groups is 2. The van der Waals surface area contributed by atoms with Crippen LogP contribution < -0.4 is 4.90 Å². The molecule has 1 aromatic heterocycles. The van der Waals surface area contributed by atoms with Gasteiger partial charge in [0.25, 0.3) is 5.91 Å². The predicted molar refractivity (Wildman–Crippen MR) is 86.9 cm³/mol. The number of hydrogen-bond donors (Lipinski definition) is 1. The van der Waals surface area contributed by atoms with Crippen LogP contribution >= 0.6 is 0 Å². The second-order valence-corrected chi connectivity index (χ2v) is 6.32. The lowest BCUT2D eigenvalue weighted by Crippen LogP contribution is -2.42. The Morgan fingerprint density at radius 3 is 2.61 bits per heavy atom. The summed E-state index contributed by atoms with van der Waals surface area (Å²) in [4.78, 5) is 29.6. The van der Waals surface area contributed by atoms with Gasteiger partial charge in [0, 0.05) is 28.9 Å². The largest absolute Gasteiger partial charge is 0.477 e. The second-order valence-electron chi connectivity index (χ2n) is 6.32. The Morgan fingerprint density at radius 2 is 1.91 bits per heavy atom. The minimum atomic E-state index is -1.14. The Morgan fingerprint density at radius 1 is 1.22 bits per heavy atom. The molecule has 1 aromatic carbocycles. The van der Waals surface area contributed by atoms with Crippen LogP contribution in [0.4, 0.5) is 5.69 Å². The van der Waals surface area contributed by atoms with Crippen molar-refractivity contribution in [1.82, 2.24) is 4.98 Å². The summed E-state index contributed by atoms with van der Waals surface area (Å²) in [5.74, 6) is -1.35. The Balaban J connectivity index is 2.07. The highest BCUT2D eigenvalue weighted by molar-refractivity contribution is 6.09. The van der Waals surface area contributed by atoms with Gasteiger partial charge in [0.2, 0.25) is 0 Å². The molecule has 0 aliphatic carbocycles. The third kappa shape index (κ3) is 2.29. The first-order chi connectivity index (χ1) is 10.8. The number of benzene rings is 1. The lowest BCUT2D eigenvalue weighted by molar-refractivity contribution is 0.0690. The topological polar surface area (TPSA) is 70.5 Å². The van der Waals surface area contributed by atoms with Crippen molar-refractivity contribution >= 4 is 17.6 Å². The minimum Gasteiger partial charge on any atom is -0.477 e. The smallest absolute Gasteiger partial charge is 0.354 e. The van der Waals surface area contributed by atoms with E-state index in [1.165, 1.54) is 12.3 Å². The number of aromatic carboxylic acids is 1. The first kappa shape index (κ1) is 15.2. The highest BCUT2D eigenvalue weighted by Gasteiger charge is 2.44. The fourth-order valence-electron chi connectivity index (χ4n) is 3.09. The first-order valence-electron chi connectivity index (χ1n) is 7.46. The molecule has 0 spiro atoms. The number of pyridine rings is 1. The summed E-state index contributed by atoms with van der Waals surface area (Å²) in [6.45, 7) is 6.23. The molecule has 5 nitrogen and oxygen atoms in total. The Bertz CT molecular complexity index is 798. The number of carboxylic acid groups (broad SMARTS) is 1. The second kappa shape index (κ2) is 5.19. The maximum atomic E-state index is 13.0. The number of fused-ring (bicyclic) bond motifs is 1. The van der Waals surface area contributed by atoms with E-state index >= 15 is 0 Å². The molecule has 0 saturated carbocycles. The first-order valence-corrected chi connectivity index (χ1v) is 7.46. The Hall–Kier alpha value is -2.69. The summed E-state index contributed by atoms with van der Waals surface area (Å²) >= 11 is 0. The van der Waals surface area contributed by atoms with Gasteiger partial charge in [0.05, 0.1) is 0 Å². The summed E-state index contributed by atoms with van der Waals surface area (Å²) in [5, 5.41) is 9.06. The standard InChI is InChI=1S/C18H18N2O3/c1-11-18(2,3)13-6-4-5-7-15(13)20(11)16(21)12-8-9-19-14(10-12)17(22)23/h4-11H,1-3H3,(H,22,23). The van der Waals surface area contributed by atoms with E-state index < -0.39 is 5.97 Å². The van der Waals surface area contributed by atoms with Gasteiger partial charge in [-0.15, -0.1) is 0 Å². The van der Waals surface area contributed by atoms with Crippen LogP contribution in [0.3, 0.4) is 0 Å². The van der Waals surface area contributed by atoms with E-state index in [4.69, 9.17) is 5.11 Å². The zero-order chi connectivity index (χ0) is 16.8. The minimum absolute atomic E-state index is 0.0335. The Kier molecular flexibility index (Phi) is 3.43. The lowest BCUT2D eigenvalue weighted by Gasteiger charge is -2.30. The van der Waals surface area contributed by atoms with Crippen LogP contribution in [0.2, 0.25) is 0 Å². The van der Waals surface area contributed by atoms with E-state index in [2.05, 4.69) is 18.8 Å². The number of rotatable bonds is 2. The van der Waals surface area contributed by atoms with E-state index in [1.54, 1.807) is 11.0 Å². The van der Waals surface area contributed by atoms with E-state index in [1.807, 2.05) is 31.2 Å². The monoisotopic (exact) mass is 310 g/mol. The van der Waals surface area contributed by atoms with E-state index in [0.717, 1.165) is 11.3 Å². The molecule has 23 heavy (non-hydrogen) atoms. The van der Waals surface area contributed by atoms with Crippen molar-refractivity contribution in [2.24, 2.45) is 0 Å². The van der Waals surface area contributed by atoms with Crippen molar-refractivity contribution < 1.29 is 14.7 Å². The number of carbonyl (C=O) groups excluding carboxylic acids is 1. The summed E-state index contributed by atoms with van der Waals surface area (Å²) < 4.78 is 0. The van der Waals surface area contributed by atoms with Gasteiger partial charge in [-0.2, -0.15) is 0 Å². The van der Waals surface area contributed by atoms with Gasteiger partial charge in [-0.05, 0) is 30.7 Å². The normalized spacial score (nSPS) is 18.6. The highest BCUT2D eigenvalue weighted by atomic mass is 16.4. The fraction of sp³-hybridized carbons (Fsp3) is 0.278. The molecular weight excluding hydrogens is 292 g/mol. The van der Waals surface area contributed by atoms with Crippen molar-refractivity contribution in [3.63, 3.8) is 0 Å². The number of carboxylic acids is 1. The van der Waals surface area contributed by atoms with E-state index in [9.17, 15) is 9.59 Å². The number of nitrogens with zero attached hydrogens (tertiary/aromatic N) is 2. The molecule has 0 saturated heterocycles. The molecule has 3 rings (SSSR count). The molecule has 1 amide bonds. The third-order valence-corrected chi connectivity index (χ3v) is 4.73. The zero-order valence-electron chi connectivity index (χ0n) is 13.3. The highest BCUT2D eigenvalue weighted by Crippen LogP contribution is 2.45. The average molecular weight is 310 g/mol. The number of hydrogen-bond acceptors (Lipinski definition) is 3. The van der Waals surface area contributed by atoms with Gasteiger partial charge >= 0.3 is 5.97 Å². The quantitative estimate of drug-likeness (QED) is 0.925. The van der Waals surface area contributed by atoms with Crippen molar-refractivity contribution in [1.29, 1.82) is 0 Å². The molecule has 2 heterocycles. The number of aromatic nitrogens is 1. The van der Waals surface area contributed by atoms with Crippen molar-refractivity contribution in [3.8, 4) is 0 Å². The van der Waals surface area contributed by atoms with Gasteiger partial charge in [0.15, 0.2) is 0 Å². The van der Waals surface area contributed by atoms with Gasteiger partial charge in [0.1, 0.15) is 5.69 Å². The summed E-state index contributed by atoms with van der Waals surface area (Å²) in [6, 6.07) is 10.7. The maximum Gasteiger partial charge on any atom is 0.354 e. The predicted octanol–water partition coefficient (Wildman–Crippen LogP) is 3.11. The molecule has 1 atom stereocenters. The molecular formula is C18H18N2O3. The lowest BCUT2D eigenvalue weighted by atomic mass is 9.81. The van der Waals surface area contributed by atoms with Gasteiger partial charge < -0.3 is 10.0 Å². The van der Waals surface area contributed by atoms with Gasteiger partial charge in [-0.3, -0.25) is 4.79 Å². The molecule has 1 aliphatic rings. The summed E-state index contributed by atoms with van der Waals surface area (Å²) in [6.07, 6.45) is 1.36. The number of anilines is 1. The van der Waals surface area contributed by atoms with E-state index in [-0.39, 0.29) is 23.1 Å². The summed E-state index contributed by atoms with van der Waals surface area (Å²) in [7, 11) is 0. The molecule has 1 unspecified atom stereocenters. The van der Waals surface area contributed by atoms with Gasteiger partial charge in [-0.1, -0.05) is 32.0 Å². The van der Waals surface area contributed by atoms with Crippen LogP contribution in [-0.4, -0.2) is 28.0 Å². The molecule has 118 valence electrons. The molecule has 1 N–H and O–H groups in total. The van der Waals surface area contributed by atoms with Gasteiger partial charge in [-0.25, -0.2) is 9.78 Å². The Labute approximate surface area is 134 Å². The average Bonchev–Trinajstić information content (AvgIpc) is 2.74. The van der Waals surface area contributed by atoms with Crippen molar-refractivity contribution in [2.45, 2.75) is 32.2 Å². The van der Waals surface area contributed by atoms with Crippen LogP contribution in [0, 0.1) is 0 Å². The third-order valence-electron chi connectivity index (χ3n) is 4.73. The number of para-hydroxylation sites is 1. The van der Waals surface area contributed by atoms with Crippen molar-refractivity contribution in [2.75, 3.05) is 4.90 Å². The van der Waals surface area contributed by atoms with Crippen LogP contribution in [0.15, 0.2) is 42.6 Å². The van der Waals surface area contributed by atoms with E-state index in [0.29, 0.717) is 5.56 Å².